The van der Waals surface area contributed by atoms with Gasteiger partial charge in [0.05, 0.1) is 0 Å². The van der Waals surface area contributed by atoms with Crippen LogP contribution in [0.1, 0.15) is 22.7 Å². The summed E-state index contributed by atoms with van der Waals surface area (Å²) in [6, 6.07) is 12.6. The monoisotopic (exact) mass is 355 g/mol. The van der Waals surface area contributed by atoms with Crippen LogP contribution in [-0.4, -0.2) is 0 Å². The first-order chi connectivity index (χ1) is 8.58. The minimum atomic E-state index is -0.211. The smallest absolute Gasteiger partial charge is 0.123 e. The predicted octanol–water partition coefficient (Wildman–Crippen LogP) is 3.98. The molecule has 3 heteroatoms. The molecule has 0 aromatic heterocycles. The summed E-state index contributed by atoms with van der Waals surface area (Å²) in [6.07, 6.45) is 0.722. The Balaban J connectivity index is 2.19. The molecule has 1 unspecified atom stereocenters. The lowest BCUT2D eigenvalue weighted by molar-refractivity contribution is 0.625. The van der Waals surface area contributed by atoms with E-state index in [0.29, 0.717) is 0 Å². The van der Waals surface area contributed by atoms with E-state index in [9.17, 15) is 4.39 Å². The maximum absolute atomic E-state index is 12.8. The van der Waals surface area contributed by atoms with Crippen molar-refractivity contribution >= 4 is 22.6 Å². The third kappa shape index (κ3) is 3.09. The highest BCUT2D eigenvalue weighted by Crippen LogP contribution is 2.24. The van der Waals surface area contributed by atoms with Gasteiger partial charge < -0.3 is 5.73 Å². The topological polar surface area (TPSA) is 26.0 Å². The van der Waals surface area contributed by atoms with Crippen LogP contribution in [0, 0.1) is 16.3 Å². The van der Waals surface area contributed by atoms with Crippen LogP contribution in [-0.2, 0) is 6.42 Å². The molecule has 0 aliphatic carbocycles. The lowest BCUT2D eigenvalue weighted by Gasteiger charge is -2.15. The SMILES string of the molecule is Cc1cccc(C(N)Cc2ccc(F)cc2)c1I. The molecule has 0 saturated heterocycles. The normalized spacial score (nSPS) is 12.4. The molecule has 1 nitrogen and oxygen atoms in total. The van der Waals surface area contributed by atoms with Crippen molar-refractivity contribution in [2.45, 2.75) is 19.4 Å². The van der Waals surface area contributed by atoms with E-state index in [2.05, 4.69) is 41.6 Å². The molecule has 0 spiro atoms. The highest BCUT2D eigenvalue weighted by atomic mass is 127. The minimum absolute atomic E-state index is 0.0535. The molecule has 2 N–H and O–H groups in total. The van der Waals surface area contributed by atoms with Crippen molar-refractivity contribution in [3.05, 3.63) is 68.5 Å². The first-order valence-electron chi connectivity index (χ1n) is 5.83. The molecule has 1 atom stereocenters. The van der Waals surface area contributed by atoms with E-state index in [1.165, 1.54) is 21.3 Å². The average Bonchev–Trinajstić information content (AvgIpc) is 2.35. The van der Waals surface area contributed by atoms with Gasteiger partial charge in [-0.05, 0) is 64.8 Å². The number of benzene rings is 2. The summed E-state index contributed by atoms with van der Waals surface area (Å²) in [5.74, 6) is -0.211. The maximum Gasteiger partial charge on any atom is 0.123 e. The first kappa shape index (κ1) is 13.5. The summed E-state index contributed by atoms with van der Waals surface area (Å²) in [7, 11) is 0. The van der Waals surface area contributed by atoms with Gasteiger partial charge in [-0.3, -0.25) is 0 Å². The molecular weight excluding hydrogens is 340 g/mol. The van der Waals surface area contributed by atoms with E-state index >= 15 is 0 Å². The van der Waals surface area contributed by atoms with Crippen molar-refractivity contribution in [3.8, 4) is 0 Å². The second-order valence-corrected chi connectivity index (χ2v) is 5.49. The fourth-order valence-electron chi connectivity index (χ4n) is 1.94. The lowest BCUT2D eigenvalue weighted by Crippen LogP contribution is -2.15. The highest BCUT2D eigenvalue weighted by molar-refractivity contribution is 14.1. The Labute approximate surface area is 120 Å². The van der Waals surface area contributed by atoms with E-state index < -0.39 is 0 Å². The van der Waals surface area contributed by atoms with E-state index in [0.717, 1.165) is 17.5 Å². The Morgan fingerprint density at radius 1 is 1.17 bits per heavy atom. The highest BCUT2D eigenvalue weighted by Gasteiger charge is 2.11. The van der Waals surface area contributed by atoms with Gasteiger partial charge in [0.2, 0.25) is 0 Å². The van der Waals surface area contributed by atoms with Gasteiger partial charge in [0.25, 0.3) is 0 Å². The van der Waals surface area contributed by atoms with Crippen molar-refractivity contribution < 1.29 is 4.39 Å². The van der Waals surface area contributed by atoms with Gasteiger partial charge >= 0.3 is 0 Å². The van der Waals surface area contributed by atoms with Crippen LogP contribution in [0.5, 0.6) is 0 Å². The Morgan fingerprint density at radius 2 is 1.83 bits per heavy atom. The first-order valence-corrected chi connectivity index (χ1v) is 6.91. The standard InChI is InChI=1S/C15H15FIN/c1-10-3-2-4-13(15(10)17)14(18)9-11-5-7-12(16)8-6-11/h2-8,14H,9,18H2,1H3. The van der Waals surface area contributed by atoms with Crippen LogP contribution in [0.2, 0.25) is 0 Å². The molecule has 0 bridgehead atoms. The van der Waals surface area contributed by atoms with E-state index in [1.807, 2.05) is 6.07 Å². The molecular formula is C15H15FIN. The maximum atomic E-state index is 12.8. The summed E-state index contributed by atoms with van der Waals surface area (Å²) < 4.78 is 14.0. The van der Waals surface area contributed by atoms with E-state index in [4.69, 9.17) is 5.73 Å². The van der Waals surface area contributed by atoms with Crippen LogP contribution in [0.3, 0.4) is 0 Å². The van der Waals surface area contributed by atoms with Crippen molar-refractivity contribution in [3.63, 3.8) is 0 Å². The molecule has 0 aliphatic heterocycles. The summed E-state index contributed by atoms with van der Waals surface area (Å²) in [5, 5.41) is 0. The summed E-state index contributed by atoms with van der Waals surface area (Å²) >= 11 is 2.33. The molecule has 0 saturated carbocycles. The van der Waals surface area contributed by atoms with Gasteiger partial charge in [-0.25, -0.2) is 4.39 Å². The molecule has 18 heavy (non-hydrogen) atoms. The van der Waals surface area contributed by atoms with Gasteiger partial charge in [-0.2, -0.15) is 0 Å². The number of rotatable bonds is 3. The third-order valence-electron chi connectivity index (χ3n) is 2.99. The molecule has 0 radical (unpaired) electrons. The van der Waals surface area contributed by atoms with Gasteiger partial charge in [0.15, 0.2) is 0 Å². The fourth-order valence-corrected chi connectivity index (χ4v) is 2.70. The van der Waals surface area contributed by atoms with Crippen LogP contribution in [0.4, 0.5) is 4.39 Å². The molecule has 94 valence electrons. The van der Waals surface area contributed by atoms with E-state index in [-0.39, 0.29) is 11.9 Å². The molecule has 0 aliphatic rings. The number of aryl methyl sites for hydroxylation is 1. The largest absolute Gasteiger partial charge is 0.324 e. The van der Waals surface area contributed by atoms with Crippen LogP contribution in [0.15, 0.2) is 42.5 Å². The zero-order chi connectivity index (χ0) is 13.1. The summed E-state index contributed by atoms with van der Waals surface area (Å²) in [6.45, 7) is 2.08. The number of nitrogens with two attached hydrogens (primary N) is 1. The summed E-state index contributed by atoms with van der Waals surface area (Å²) in [5.41, 5.74) is 9.68. The van der Waals surface area contributed by atoms with Crippen molar-refractivity contribution in [2.24, 2.45) is 5.73 Å². The van der Waals surface area contributed by atoms with Gasteiger partial charge in [-0.1, -0.05) is 30.3 Å². The third-order valence-corrected chi connectivity index (χ3v) is 4.46. The average molecular weight is 355 g/mol. The molecule has 0 amide bonds. The molecule has 2 aromatic carbocycles. The Morgan fingerprint density at radius 3 is 2.50 bits per heavy atom. The lowest BCUT2D eigenvalue weighted by atomic mass is 9.98. The van der Waals surface area contributed by atoms with Crippen LogP contribution >= 0.6 is 22.6 Å². The van der Waals surface area contributed by atoms with Crippen LogP contribution < -0.4 is 5.73 Å². The fraction of sp³-hybridized carbons (Fsp3) is 0.200. The minimum Gasteiger partial charge on any atom is -0.324 e. The van der Waals surface area contributed by atoms with E-state index in [1.54, 1.807) is 12.1 Å². The van der Waals surface area contributed by atoms with Crippen LogP contribution in [0.25, 0.3) is 0 Å². The van der Waals surface area contributed by atoms with Crippen molar-refractivity contribution in [1.82, 2.24) is 0 Å². The van der Waals surface area contributed by atoms with Gasteiger partial charge in [0.1, 0.15) is 5.82 Å². The summed E-state index contributed by atoms with van der Waals surface area (Å²) in [4.78, 5) is 0. The molecule has 0 fully saturated rings. The zero-order valence-corrected chi connectivity index (χ0v) is 12.3. The number of hydrogen-bond acceptors (Lipinski definition) is 1. The van der Waals surface area contributed by atoms with Crippen molar-refractivity contribution in [1.29, 1.82) is 0 Å². The number of halogens is 2. The Bertz CT molecular complexity index is 537. The second-order valence-electron chi connectivity index (χ2n) is 4.42. The Hall–Kier alpha value is -0.940. The molecule has 2 aromatic rings. The Kier molecular flexibility index (Phi) is 4.35. The quantitative estimate of drug-likeness (QED) is 0.829. The predicted molar refractivity (Wildman–Crippen MR) is 80.9 cm³/mol. The van der Waals surface area contributed by atoms with Gasteiger partial charge in [0, 0.05) is 9.61 Å². The van der Waals surface area contributed by atoms with Crippen molar-refractivity contribution in [2.75, 3.05) is 0 Å². The van der Waals surface area contributed by atoms with Gasteiger partial charge in [-0.15, -0.1) is 0 Å². The number of hydrogen-bond donors (Lipinski definition) is 1. The zero-order valence-electron chi connectivity index (χ0n) is 10.2. The molecule has 2 rings (SSSR count). The molecule has 0 heterocycles. The second kappa shape index (κ2) is 5.80.